The summed E-state index contributed by atoms with van der Waals surface area (Å²) in [6.45, 7) is 3.37. The lowest BCUT2D eigenvalue weighted by Crippen LogP contribution is -2.48. The summed E-state index contributed by atoms with van der Waals surface area (Å²) in [6.07, 6.45) is 5.34. The zero-order valence-electron chi connectivity index (χ0n) is 10.1. The van der Waals surface area contributed by atoms with Gasteiger partial charge in [0.2, 0.25) is 0 Å². The van der Waals surface area contributed by atoms with Crippen molar-refractivity contribution in [2.24, 2.45) is 17.1 Å². The minimum Gasteiger partial charge on any atom is -0.330 e. The van der Waals surface area contributed by atoms with Crippen LogP contribution >= 0.6 is 0 Å². The topological polar surface area (TPSA) is 41.3 Å². The predicted molar refractivity (Wildman–Crippen MR) is 63.8 cm³/mol. The smallest absolute Gasteiger partial charge is 0.0162 e. The molecule has 3 heteroatoms. The predicted octanol–water partition coefficient (Wildman–Crippen LogP) is 0.655. The quantitative estimate of drug-likeness (QED) is 0.717. The maximum atomic E-state index is 5.93. The third-order valence-corrected chi connectivity index (χ3v) is 4.50. The van der Waals surface area contributed by atoms with Crippen LogP contribution in [0.3, 0.4) is 0 Å². The van der Waals surface area contributed by atoms with E-state index in [-0.39, 0.29) is 0 Å². The number of nitrogens with zero attached hydrogens (tertiary/aromatic N) is 1. The van der Waals surface area contributed by atoms with Crippen molar-refractivity contribution in [2.75, 3.05) is 33.7 Å². The van der Waals surface area contributed by atoms with Crippen LogP contribution in [-0.2, 0) is 0 Å². The lowest BCUT2D eigenvalue weighted by Gasteiger charge is -2.38. The Morgan fingerprint density at radius 3 is 2.40 bits per heavy atom. The van der Waals surface area contributed by atoms with Crippen molar-refractivity contribution < 1.29 is 0 Å². The standard InChI is InChI=1S/C12H25N3/c1-14-11(12(9-13)5-6-12)10-3-7-15(2)8-4-10/h10-11,14H,3-9,13H2,1-2H3. The third-order valence-electron chi connectivity index (χ3n) is 4.50. The van der Waals surface area contributed by atoms with Gasteiger partial charge in [0.1, 0.15) is 0 Å². The maximum Gasteiger partial charge on any atom is 0.0162 e. The molecule has 2 rings (SSSR count). The Bertz CT molecular complexity index is 205. The zero-order chi connectivity index (χ0) is 10.9. The number of nitrogens with two attached hydrogens (primary N) is 1. The van der Waals surface area contributed by atoms with Gasteiger partial charge in [0.05, 0.1) is 0 Å². The number of hydrogen-bond donors (Lipinski definition) is 2. The lowest BCUT2D eigenvalue weighted by atomic mass is 9.80. The van der Waals surface area contributed by atoms with Crippen molar-refractivity contribution in [3.05, 3.63) is 0 Å². The van der Waals surface area contributed by atoms with Crippen molar-refractivity contribution in [1.82, 2.24) is 10.2 Å². The van der Waals surface area contributed by atoms with E-state index >= 15 is 0 Å². The van der Waals surface area contributed by atoms with E-state index < -0.39 is 0 Å². The Labute approximate surface area is 93.4 Å². The van der Waals surface area contributed by atoms with Gasteiger partial charge in [-0.1, -0.05) is 0 Å². The summed E-state index contributed by atoms with van der Waals surface area (Å²) in [5.74, 6) is 0.845. The molecule has 2 aliphatic rings. The van der Waals surface area contributed by atoms with Gasteiger partial charge < -0.3 is 16.0 Å². The lowest BCUT2D eigenvalue weighted by molar-refractivity contribution is 0.152. The van der Waals surface area contributed by atoms with Crippen molar-refractivity contribution in [1.29, 1.82) is 0 Å². The maximum absolute atomic E-state index is 5.93. The number of likely N-dealkylation sites (tertiary alicyclic amines) is 1. The summed E-state index contributed by atoms with van der Waals surface area (Å²) in [5.41, 5.74) is 6.38. The Balaban J connectivity index is 1.95. The molecule has 2 fully saturated rings. The van der Waals surface area contributed by atoms with Crippen molar-refractivity contribution >= 4 is 0 Å². The first-order valence-electron chi connectivity index (χ1n) is 6.28. The van der Waals surface area contributed by atoms with Crippen LogP contribution < -0.4 is 11.1 Å². The highest BCUT2D eigenvalue weighted by Gasteiger charge is 2.50. The Morgan fingerprint density at radius 1 is 1.40 bits per heavy atom. The fourth-order valence-electron chi connectivity index (χ4n) is 3.21. The van der Waals surface area contributed by atoms with Gasteiger partial charge >= 0.3 is 0 Å². The van der Waals surface area contributed by atoms with Crippen LogP contribution in [0.15, 0.2) is 0 Å². The number of piperidine rings is 1. The minimum atomic E-state index is 0.454. The average molecular weight is 211 g/mol. The second-order valence-corrected chi connectivity index (χ2v) is 5.47. The summed E-state index contributed by atoms with van der Waals surface area (Å²) in [6, 6.07) is 0.663. The molecule has 1 saturated carbocycles. The van der Waals surface area contributed by atoms with Gasteiger partial charge in [0.15, 0.2) is 0 Å². The van der Waals surface area contributed by atoms with Crippen LogP contribution in [0, 0.1) is 11.3 Å². The summed E-state index contributed by atoms with van der Waals surface area (Å²) < 4.78 is 0. The second-order valence-electron chi connectivity index (χ2n) is 5.47. The van der Waals surface area contributed by atoms with E-state index in [1.54, 1.807) is 0 Å². The molecule has 0 aromatic carbocycles. The van der Waals surface area contributed by atoms with Crippen LogP contribution in [0.4, 0.5) is 0 Å². The molecule has 1 saturated heterocycles. The van der Waals surface area contributed by atoms with Crippen LogP contribution in [0.25, 0.3) is 0 Å². The molecule has 1 unspecified atom stereocenters. The fourth-order valence-corrected chi connectivity index (χ4v) is 3.21. The first-order chi connectivity index (χ1) is 7.22. The van der Waals surface area contributed by atoms with Gasteiger partial charge in [-0.2, -0.15) is 0 Å². The minimum absolute atomic E-state index is 0.454. The molecule has 0 radical (unpaired) electrons. The molecule has 1 aliphatic heterocycles. The van der Waals surface area contributed by atoms with Gasteiger partial charge in [-0.15, -0.1) is 0 Å². The molecule has 3 N–H and O–H groups in total. The van der Waals surface area contributed by atoms with E-state index in [2.05, 4.69) is 24.3 Å². The van der Waals surface area contributed by atoms with Crippen molar-refractivity contribution in [2.45, 2.75) is 31.7 Å². The first kappa shape index (κ1) is 11.4. The van der Waals surface area contributed by atoms with Gasteiger partial charge in [0.25, 0.3) is 0 Å². The van der Waals surface area contributed by atoms with Crippen LogP contribution in [0.1, 0.15) is 25.7 Å². The van der Waals surface area contributed by atoms with Crippen LogP contribution in [-0.4, -0.2) is 44.7 Å². The van der Waals surface area contributed by atoms with Gasteiger partial charge in [-0.3, -0.25) is 0 Å². The molecule has 0 aromatic heterocycles. The summed E-state index contributed by atoms with van der Waals surface area (Å²) >= 11 is 0. The van der Waals surface area contributed by atoms with Crippen molar-refractivity contribution in [3.8, 4) is 0 Å². The second kappa shape index (κ2) is 4.40. The molecule has 0 amide bonds. The molecule has 1 atom stereocenters. The fraction of sp³-hybridized carbons (Fsp3) is 1.00. The Morgan fingerprint density at radius 2 is 2.00 bits per heavy atom. The molecule has 3 nitrogen and oxygen atoms in total. The molecule has 15 heavy (non-hydrogen) atoms. The number of hydrogen-bond acceptors (Lipinski definition) is 3. The largest absolute Gasteiger partial charge is 0.330 e. The number of rotatable bonds is 4. The average Bonchev–Trinajstić information content (AvgIpc) is 3.03. The monoisotopic (exact) mass is 211 g/mol. The highest BCUT2D eigenvalue weighted by molar-refractivity contribution is 5.05. The van der Waals surface area contributed by atoms with Crippen LogP contribution in [0.5, 0.6) is 0 Å². The summed E-state index contributed by atoms with van der Waals surface area (Å²) in [7, 11) is 4.33. The SMILES string of the molecule is CNC(C1CCN(C)CC1)C1(CN)CC1. The molecule has 1 heterocycles. The molecule has 88 valence electrons. The molecule has 0 spiro atoms. The molecule has 0 bridgehead atoms. The third kappa shape index (κ3) is 2.19. The highest BCUT2D eigenvalue weighted by Crippen LogP contribution is 2.50. The Kier molecular flexibility index (Phi) is 3.33. The van der Waals surface area contributed by atoms with E-state index in [0.717, 1.165) is 12.5 Å². The molecule has 1 aliphatic carbocycles. The summed E-state index contributed by atoms with van der Waals surface area (Å²) in [5, 5.41) is 3.54. The van der Waals surface area contributed by atoms with E-state index in [1.807, 2.05) is 0 Å². The van der Waals surface area contributed by atoms with E-state index in [9.17, 15) is 0 Å². The molecular formula is C12H25N3. The Hall–Kier alpha value is -0.120. The first-order valence-corrected chi connectivity index (χ1v) is 6.28. The van der Waals surface area contributed by atoms with Gasteiger partial charge in [-0.05, 0) is 70.7 Å². The molecular weight excluding hydrogens is 186 g/mol. The van der Waals surface area contributed by atoms with E-state index in [0.29, 0.717) is 11.5 Å². The van der Waals surface area contributed by atoms with Crippen molar-refractivity contribution in [3.63, 3.8) is 0 Å². The normalized spacial score (nSPS) is 29.0. The number of nitrogens with one attached hydrogen (secondary N) is 1. The highest BCUT2D eigenvalue weighted by atomic mass is 15.1. The van der Waals surface area contributed by atoms with Gasteiger partial charge in [0, 0.05) is 6.04 Å². The van der Waals surface area contributed by atoms with E-state index in [4.69, 9.17) is 5.73 Å². The molecule has 0 aromatic rings. The van der Waals surface area contributed by atoms with Crippen LogP contribution in [0.2, 0.25) is 0 Å². The van der Waals surface area contributed by atoms with Gasteiger partial charge in [-0.25, -0.2) is 0 Å². The zero-order valence-corrected chi connectivity index (χ0v) is 10.1. The van der Waals surface area contributed by atoms with E-state index in [1.165, 1.54) is 38.8 Å². The summed E-state index contributed by atoms with van der Waals surface area (Å²) in [4.78, 5) is 2.44.